The smallest absolute Gasteiger partial charge is 0.225 e. The molecule has 0 aliphatic rings. The monoisotopic (exact) mass is 313 g/mol. The zero-order valence-corrected chi connectivity index (χ0v) is 12.0. The van der Waals surface area contributed by atoms with Crippen molar-refractivity contribution in [2.75, 3.05) is 6.61 Å². The highest BCUT2D eigenvalue weighted by atomic mass is 35.5. The molecule has 0 radical (unpaired) electrons. The summed E-state index contributed by atoms with van der Waals surface area (Å²) in [4.78, 5) is 12.8. The molecule has 2 N–H and O–H groups in total. The second-order valence-electron chi connectivity index (χ2n) is 4.23. The van der Waals surface area contributed by atoms with Gasteiger partial charge in [-0.15, -0.1) is 11.3 Å². The molecule has 0 spiro atoms. The number of halogens is 2. The molecular formula is C14H13ClFNO2S. The standard InChI is InChI=1S/C14H13ClFNO2S/c15-11-4-3-9(6-12(11)16)13(8-18)17-14(19)7-10-2-1-5-20-10/h1-6,13,18H,7-8H2,(H,17,19)/t13-/m1/s1. The van der Waals surface area contributed by atoms with Gasteiger partial charge < -0.3 is 10.4 Å². The average Bonchev–Trinajstić information content (AvgIpc) is 2.92. The Morgan fingerprint density at radius 3 is 2.85 bits per heavy atom. The molecule has 1 aromatic heterocycles. The number of thiophene rings is 1. The molecule has 106 valence electrons. The first-order valence-electron chi connectivity index (χ1n) is 5.97. The number of benzene rings is 1. The second kappa shape index (κ2) is 6.83. The molecule has 20 heavy (non-hydrogen) atoms. The average molecular weight is 314 g/mol. The van der Waals surface area contributed by atoms with E-state index in [0.717, 1.165) is 4.88 Å². The highest BCUT2D eigenvalue weighted by molar-refractivity contribution is 7.10. The van der Waals surface area contributed by atoms with Crippen LogP contribution in [0.2, 0.25) is 5.02 Å². The van der Waals surface area contributed by atoms with E-state index in [1.54, 1.807) is 6.07 Å². The third-order valence-electron chi connectivity index (χ3n) is 2.78. The van der Waals surface area contributed by atoms with Gasteiger partial charge in [0.2, 0.25) is 5.91 Å². The third-order valence-corrected chi connectivity index (χ3v) is 3.96. The molecule has 0 saturated carbocycles. The molecule has 0 saturated heterocycles. The van der Waals surface area contributed by atoms with Crippen LogP contribution < -0.4 is 5.32 Å². The van der Waals surface area contributed by atoms with Crippen LogP contribution in [0.3, 0.4) is 0 Å². The van der Waals surface area contributed by atoms with E-state index >= 15 is 0 Å². The van der Waals surface area contributed by atoms with Crippen LogP contribution in [0.25, 0.3) is 0 Å². The van der Waals surface area contributed by atoms with Crippen LogP contribution in [0.1, 0.15) is 16.5 Å². The maximum absolute atomic E-state index is 13.4. The summed E-state index contributed by atoms with van der Waals surface area (Å²) < 4.78 is 13.4. The number of carbonyl (C=O) groups excluding carboxylic acids is 1. The van der Waals surface area contributed by atoms with Crippen LogP contribution >= 0.6 is 22.9 Å². The lowest BCUT2D eigenvalue weighted by molar-refractivity contribution is -0.121. The fraction of sp³-hybridized carbons (Fsp3) is 0.214. The minimum Gasteiger partial charge on any atom is -0.394 e. The molecule has 0 fully saturated rings. The predicted octanol–water partition coefficient (Wildman–Crippen LogP) is 2.93. The van der Waals surface area contributed by atoms with E-state index < -0.39 is 11.9 Å². The van der Waals surface area contributed by atoms with Crippen molar-refractivity contribution in [2.24, 2.45) is 0 Å². The maximum Gasteiger partial charge on any atom is 0.225 e. The van der Waals surface area contributed by atoms with Gasteiger partial charge in [-0.3, -0.25) is 4.79 Å². The van der Waals surface area contributed by atoms with Crippen molar-refractivity contribution in [2.45, 2.75) is 12.5 Å². The van der Waals surface area contributed by atoms with E-state index in [1.165, 1.54) is 23.5 Å². The Hall–Kier alpha value is -1.43. The zero-order chi connectivity index (χ0) is 14.5. The topological polar surface area (TPSA) is 49.3 Å². The van der Waals surface area contributed by atoms with Gasteiger partial charge in [-0.2, -0.15) is 0 Å². The van der Waals surface area contributed by atoms with Gasteiger partial charge in [-0.1, -0.05) is 23.7 Å². The fourth-order valence-electron chi connectivity index (χ4n) is 1.78. The first-order valence-corrected chi connectivity index (χ1v) is 7.23. The molecular weight excluding hydrogens is 301 g/mol. The molecule has 1 amide bonds. The molecule has 3 nitrogen and oxygen atoms in total. The lowest BCUT2D eigenvalue weighted by atomic mass is 10.1. The molecule has 1 aromatic carbocycles. The van der Waals surface area contributed by atoms with Crippen LogP contribution in [-0.4, -0.2) is 17.6 Å². The maximum atomic E-state index is 13.4. The van der Waals surface area contributed by atoms with Crippen LogP contribution in [0.5, 0.6) is 0 Å². The number of aliphatic hydroxyl groups excluding tert-OH is 1. The molecule has 0 bridgehead atoms. The number of nitrogens with one attached hydrogen (secondary N) is 1. The summed E-state index contributed by atoms with van der Waals surface area (Å²) in [6.45, 7) is -0.308. The Kier molecular flexibility index (Phi) is 5.11. The molecule has 1 heterocycles. The minimum absolute atomic E-state index is 0.00959. The van der Waals surface area contributed by atoms with E-state index in [0.29, 0.717) is 5.56 Å². The van der Waals surface area contributed by atoms with Crippen molar-refractivity contribution < 1.29 is 14.3 Å². The summed E-state index contributed by atoms with van der Waals surface area (Å²) in [6.07, 6.45) is 0.240. The highest BCUT2D eigenvalue weighted by Gasteiger charge is 2.15. The van der Waals surface area contributed by atoms with Gasteiger partial charge in [0.25, 0.3) is 0 Å². The van der Waals surface area contributed by atoms with Crippen molar-refractivity contribution >= 4 is 28.8 Å². The SMILES string of the molecule is O=C(Cc1cccs1)N[C@H](CO)c1ccc(Cl)c(F)c1. The normalized spacial score (nSPS) is 12.2. The first kappa shape index (κ1) is 15.0. The summed E-state index contributed by atoms with van der Waals surface area (Å²) in [7, 11) is 0. The van der Waals surface area contributed by atoms with E-state index in [4.69, 9.17) is 11.6 Å². The quantitative estimate of drug-likeness (QED) is 0.891. The lowest BCUT2D eigenvalue weighted by Gasteiger charge is -2.17. The molecule has 0 unspecified atom stereocenters. The summed E-state index contributed by atoms with van der Waals surface area (Å²) in [5, 5.41) is 13.9. The van der Waals surface area contributed by atoms with Crippen LogP contribution in [0.15, 0.2) is 35.7 Å². The Labute approximate surface area is 125 Å². The number of rotatable bonds is 5. The molecule has 1 atom stereocenters. The Morgan fingerprint density at radius 2 is 2.25 bits per heavy atom. The molecule has 2 aromatic rings. The first-order chi connectivity index (χ1) is 9.60. The Bertz CT molecular complexity index is 589. The summed E-state index contributed by atoms with van der Waals surface area (Å²) >= 11 is 7.09. The van der Waals surface area contributed by atoms with Crippen molar-refractivity contribution in [1.82, 2.24) is 5.32 Å². The number of amides is 1. The van der Waals surface area contributed by atoms with Gasteiger partial charge in [-0.05, 0) is 29.1 Å². The van der Waals surface area contributed by atoms with E-state index in [-0.39, 0.29) is 24.0 Å². The largest absolute Gasteiger partial charge is 0.394 e. The predicted molar refractivity (Wildman–Crippen MR) is 77.4 cm³/mol. The van der Waals surface area contributed by atoms with E-state index in [1.807, 2.05) is 17.5 Å². The molecule has 0 aliphatic heterocycles. The summed E-state index contributed by atoms with van der Waals surface area (Å²) in [5.74, 6) is -0.794. The lowest BCUT2D eigenvalue weighted by Crippen LogP contribution is -2.31. The second-order valence-corrected chi connectivity index (χ2v) is 5.67. The number of hydrogen-bond donors (Lipinski definition) is 2. The van der Waals surface area contributed by atoms with Crippen molar-refractivity contribution in [1.29, 1.82) is 0 Å². The van der Waals surface area contributed by atoms with Gasteiger partial charge in [0, 0.05) is 4.88 Å². The Balaban J connectivity index is 2.04. The summed E-state index contributed by atoms with van der Waals surface area (Å²) in [6, 6.07) is 7.28. The zero-order valence-electron chi connectivity index (χ0n) is 10.5. The van der Waals surface area contributed by atoms with Crippen molar-refractivity contribution in [3.05, 3.63) is 57.0 Å². The minimum atomic E-state index is -0.644. The van der Waals surface area contributed by atoms with Gasteiger partial charge in [0.05, 0.1) is 24.1 Å². The van der Waals surface area contributed by atoms with E-state index in [9.17, 15) is 14.3 Å². The number of aliphatic hydroxyl groups is 1. The van der Waals surface area contributed by atoms with Gasteiger partial charge in [-0.25, -0.2) is 4.39 Å². The number of hydrogen-bond acceptors (Lipinski definition) is 3. The molecule has 6 heteroatoms. The highest BCUT2D eigenvalue weighted by Crippen LogP contribution is 2.20. The number of carbonyl (C=O) groups is 1. The Morgan fingerprint density at radius 1 is 1.45 bits per heavy atom. The molecule has 0 aliphatic carbocycles. The van der Waals surface area contributed by atoms with Crippen molar-refractivity contribution in [3.8, 4) is 0 Å². The third kappa shape index (κ3) is 3.79. The van der Waals surface area contributed by atoms with Crippen LogP contribution in [0, 0.1) is 5.82 Å². The van der Waals surface area contributed by atoms with Gasteiger partial charge in [0.1, 0.15) is 5.82 Å². The van der Waals surface area contributed by atoms with Crippen LogP contribution in [0.4, 0.5) is 4.39 Å². The summed E-state index contributed by atoms with van der Waals surface area (Å²) in [5.41, 5.74) is 0.480. The van der Waals surface area contributed by atoms with Gasteiger partial charge in [0.15, 0.2) is 0 Å². The molecule has 2 rings (SSSR count). The van der Waals surface area contributed by atoms with Crippen LogP contribution in [-0.2, 0) is 11.2 Å². The van der Waals surface area contributed by atoms with E-state index in [2.05, 4.69) is 5.32 Å². The van der Waals surface area contributed by atoms with Gasteiger partial charge >= 0.3 is 0 Å². The fourth-order valence-corrected chi connectivity index (χ4v) is 2.60. The van der Waals surface area contributed by atoms with Crippen molar-refractivity contribution in [3.63, 3.8) is 0 Å².